The summed E-state index contributed by atoms with van der Waals surface area (Å²) in [7, 11) is 0. The van der Waals surface area contributed by atoms with Crippen molar-refractivity contribution in [3.8, 4) is 11.1 Å². The predicted molar refractivity (Wildman–Crippen MR) is 271 cm³/mol. The summed E-state index contributed by atoms with van der Waals surface area (Å²) >= 11 is 0. The van der Waals surface area contributed by atoms with Crippen LogP contribution in [0, 0.1) is 23.0 Å². The number of aliphatic carboxylic acids is 1. The molecule has 0 aliphatic carbocycles. The van der Waals surface area contributed by atoms with Gasteiger partial charge in [-0.05, 0) is 54.0 Å². The Morgan fingerprint density at radius 2 is 1.44 bits per heavy atom. The quantitative estimate of drug-likeness (QED) is 0.0512. The molecule has 0 radical (unpaired) electrons. The lowest BCUT2D eigenvalue weighted by Gasteiger charge is -2.41. The first-order valence-electron chi connectivity index (χ1n) is 24.0. The molecule has 0 bridgehead atoms. The topological polar surface area (TPSA) is 263 Å². The van der Waals surface area contributed by atoms with E-state index in [1.807, 2.05) is 97.2 Å². The zero-order valence-corrected chi connectivity index (χ0v) is 43.1. The molecule has 0 saturated carbocycles. The lowest BCUT2D eigenvalue weighted by atomic mass is 9.82. The summed E-state index contributed by atoms with van der Waals surface area (Å²) in [6, 6.07) is 10.2. The second kappa shape index (κ2) is 33.4. The molecule has 70 heavy (non-hydrogen) atoms. The van der Waals surface area contributed by atoms with E-state index in [0.717, 1.165) is 23.8 Å². The highest BCUT2D eigenvalue weighted by Gasteiger charge is 2.38. The van der Waals surface area contributed by atoms with Gasteiger partial charge in [0, 0.05) is 61.3 Å². The van der Waals surface area contributed by atoms with E-state index in [-0.39, 0.29) is 75.7 Å². The van der Waals surface area contributed by atoms with E-state index in [1.165, 1.54) is 4.90 Å². The SMILES string of the molecule is C=C(CNC(=O)[C@@H](NC(=O)CN)C(C)C)NC(CCN(C(=O)CO)C(c1cc(-c2cc(F)ccc2F)cn1Cc1ccccc1)C(C)(C)C)C(=O)NCCNC(=O)CC[C@H](N)C(=O)O.CC.CC.CC. The maximum absolute atomic E-state index is 15.3. The molecular formula is C51H81F2N9O8. The monoisotopic (exact) mass is 986 g/mol. The van der Waals surface area contributed by atoms with Crippen molar-refractivity contribution in [1.29, 1.82) is 0 Å². The van der Waals surface area contributed by atoms with Crippen molar-refractivity contribution in [3.63, 3.8) is 0 Å². The highest BCUT2D eigenvalue weighted by Crippen LogP contribution is 2.41. The fourth-order valence-corrected chi connectivity index (χ4v) is 7.02. The highest BCUT2D eigenvalue weighted by molar-refractivity contribution is 5.88. The number of nitrogens with one attached hydrogen (secondary N) is 5. The molecule has 3 aromatic rings. The summed E-state index contributed by atoms with van der Waals surface area (Å²) in [5, 5.41) is 33.0. The molecule has 0 saturated heterocycles. The molecule has 19 heteroatoms. The van der Waals surface area contributed by atoms with Crippen LogP contribution in [0.25, 0.3) is 11.1 Å². The number of hydrogen-bond acceptors (Lipinski definition) is 10. The molecule has 0 fully saturated rings. The Hall–Kier alpha value is -6.18. The molecule has 5 amide bonds. The van der Waals surface area contributed by atoms with Gasteiger partial charge in [-0.2, -0.15) is 0 Å². The normalized spacial score (nSPS) is 12.4. The molecule has 17 nitrogen and oxygen atoms in total. The molecule has 4 atom stereocenters. The number of aromatic nitrogens is 1. The van der Waals surface area contributed by atoms with Crippen molar-refractivity contribution in [2.24, 2.45) is 22.8 Å². The highest BCUT2D eigenvalue weighted by atomic mass is 19.1. The molecular weight excluding hydrogens is 905 g/mol. The first kappa shape index (κ1) is 63.8. The van der Waals surface area contributed by atoms with E-state index >= 15 is 4.39 Å². The van der Waals surface area contributed by atoms with E-state index in [4.69, 9.17) is 16.6 Å². The molecule has 3 rings (SSSR count). The molecule has 392 valence electrons. The largest absolute Gasteiger partial charge is 0.480 e. The Balaban J connectivity index is 0.00000762. The number of hydrogen-bond donors (Lipinski definition) is 9. The van der Waals surface area contributed by atoms with Gasteiger partial charge in [0.1, 0.15) is 36.4 Å². The fourth-order valence-electron chi connectivity index (χ4n) is 7.02. The third-order valence-corrected chi connectivity index (χ3v) is 10.3. The van der Waals surface area contributed by atoms with Crippen molar-refractivity contribution in [1.82, 2.24) is 36.1 Å². The van der Waals surface area contributed by atoms with Crippen molar-refractivity contribution >= 4 is 35.5 Å². The molecule has 11 N–H and O–H groups in total. The Labute approximate surface area is 413 Å². The smallest absolute Gasteiger partial charge is 0.320 e. The van der Waals surface area contributed by atoms with Gasteiger partial charge in [0.05, 0.1) is 19.1 Å². The number of aliphatic hydroxyl groups is 1. The van der Waals surface area contributed by atoms with Crippen LogP contribution in [0.3, 0.4) is 0 Å². The number of nitrogens with two attached hydrogens (primary N) is 2. The van der Waals surface area contributed by atoms with Crippen LogP contribution in [0.5, 0.6) is 0 Å². The lowest BCUT2D eigenvalue weighted by molar-refractivity contribution is -0.140. The summed E-state index contributed by atoms with van der Waals surface area (Å²) in [6.45, 7) is 23.8. The maximum Gasteiger partial charge on any atom is 0.320 e. The summed E-state index contributed by atoms with van der Waals surface area (Å²) < 4.78 is 31.6. The van der Waals surface area contributed by atoms with Crippen molar-refractivity contribution in [2.75, 3.05) is 39.3 Å². The number of carboxylic acid groups (broad SMARTS) is 1. The number of amides is 5. The molecule has 0 aliphatic rings. The Bertz CT molecular complexity index is 2090. The summed E-state index contributed by atoms with van der Waals surface area (Å²) in [4.78, 5) is 77.6. The van der Waals surface area contributed by atoms with Crippen LogP contribution in [0.15, 0.2) is 73.1 Å². The molecule has 2 aromatic carbocycles. The van der Waals surface area contributed by atoms with Gasteiger partial charge in [-0.15, -0.1) is 0 Å². The Morgan fingerprint density at radius 1 is 0.829 bits per heavy atom. The van der Waals surface area contributed by atoms with Crippen LogP contribution in [-0.2, 0) is 35.3 Å². The number of carbonyl (C=O) groups excluding carboxylic acids is 5. The van der Waals surface area contributed by atoms with Gasteiger partial charge in [0.15, 0.2) is 0 Å². The van der Waals surface area contributed by atoms with E-state index in [0.29, 0.717) is 11.3 Å². The van der Waals surface area contributed by atoms with Gasteiger partial charge in [-0.3, -0.25) is 28.8 Å². The third kappa shape index (κ3) is 21.6. The van der Waals surface area contributed by atoms with Crippen LogP contribution >= 0.6 is 0 Å². The molecule has 0 aliphatic heterocycles. The van der Waals surface area contributed by atoms with E-state index in [2.05, 4.69) is 33.2 Å². The van der Waals surface area contributed by atoms with E-state index < -0.39 is 83.3 Å². The first-order chi connectivity index (χ1) is 33.2. The second-order valence-electron chi connectivity index (χ2n) is 16.8. The number of rotatable bonds is 25. The molecule has 2 unspecified atom stereocenters. The average Bonchev–Trinajstić information content (AvgIpc) is 3.74. The number of nitrogens with zero attached hydrogens (tertiary/aromatic N) is 2. The Kier molecular flexibility index (Phi) is 30.4. The third-order valence-electron chi connectivity index (χ3n) is 10.3. The number of carbonyl (C=O) groups is 6. The van der Waals surface area contributed by atoms with Crippen LogP contribution in [0.1, 0.15) is 113 Å². The van der Waals surface area contributed by atoms with Gasteiger partial charge in [0.25, 0.3) is 0 Å². The van der Waals surface area contributed by atoms with Gasteiger partial charge < -0.3 is 57.7 Å². The summed E-state index contributed by atoms with van der Waals surface area (Å²) in [6.07, 6.45) is 1.36. The van der Waals surface area contributed by atoms with Crippen LogP contribution < -0.4 is 38.1 Å². The number of aliphatic hydroxyl groups excluding tert-OH is 1. The standard InChI is InChI=1S/C45H63F2N9O8.3C2H6/c1-27(2)40(54-38(59)22-48)43(62)52-23-28(3)53-35(42(61)51-18-17-50-37(58)15-14-34(49)44(63)64)16-19-56(39(60)26-57)41(45(4,5)6)36-20-30(32-21-31(46)12-13-33(32)47)25-55(36)24-29-10-8-7-9-11-29;3*1-2/h7-13,20-21,25,27,34-35,40-41,53,57H,3,14-19,22-24,26,48-49H2,1-2,4-6H3,(H,50,58)(H,51,61)(H,52,62)(H,54,59)(H,63,64);3*1-2H3/t34-,35?,40-,41?;;;/m0.../s1. The minimum absolute atomic E-state index is 0.00814. The molecule has 1 heterocycles. The summed E-state index contributed by atoms with van der Waals surface area (Å²) in [5.41, 5.74) is 12.1. The lowest BCUT2D eigenvalue weighted by Crippen LogP contribution is -2.53. The van der Waals surface area contributed by atoms with Gasteiger partial charge >= 0.3 is 5.97 Å². The zero-order valence-electron chi connectivity index (χ0n) is 43.1. The average molecular weight is 986 g/mol. The first-order valence-corrected chi connectivity index (χ1v) is 24.0. The number of benzene rings is 2. The second-order valence-corrected chi connectivity index (χ2v) is 16.8. The van der Waals surface area contributed by atoms with Crippen LogP contribution in [-0.4, -0.2) is 113 Å². The number of carboxylic acids is 1. The van der Waals surface area contributed by atoms with Gasteiger partial charge in [-0.25, -0.2) is 8.78 Å². The number of halogens is 2. The van der Waals surface area contributed by atoms with E-state index in [9.17, 15) is 38.3 Å². The zero-order chi connectivity index (χ0) is 53.7. The van der Waals surface area contributed by atoms with Gasteiger partial charge in [-0.1, -0.05) is 113 Å². The van der Waals surface area contributed by atoms with Gasteiger partial charge in [0.2, 0.25) is 29.5 Å². The predicted octanol–water partition coefficient (Wildman–Crippen LogP) is 4.97. The van der Waals surface area contributed by atoms with Crippen molar-refractivity contribution < 1.29 is 47.8 Å². The van der Waals surface area contributed by atoms with Crippen LogP contribution in [0.2, 0.25) is 0 Å². The molecule has 0 spiro atoms. The van der Waals surface area contributed by atoms with Crippen molar-refractivity contribution in [2.45, 2.75) is 126 Å². The summed E-state index contributed by atoms with van der Waals surface area (Å²) in [5.74, 6) is -5.61. The minimum Gasteiger partial charge on any atom is -0.480 e. The fraction of sp³-hybridized carbons (Fsp3) is 0.529. The molecule has 1 aromatic heterocycles. The van der Waals surface area contributed by atoms with E-state index in [1.54, 1.807) is 26.1 Å². The minimum atomic E-state index is -1.24. The van der Waals surface area contributed by atoms with Crippen LogP contribution in [0.4, 0.5) is 8.78 Å². The maximum atomic E-state index is 15.3. The van der Waals surface area contributed by atoms with Crippen molar-refractivity contribution in [3.05, 3.63) is 96.0 Å². The Morgan fingerprint density at radius 3 is 2.00 bits per heavy atom.